The summed E-state index contributed by atoms with van der Waals surface area (Å²) in [7, 11) is 1.71. The fourth-order valence-corrected chi connectivity index (χ4v) is 2.64. The molecule has 0 saturated heterocycles. The van der Waals surface area contributed by atoms with Gasteiger partial charge in [-0.15, -0.1) is 0 Å². The lowest BCUT2D eigenvalue weighted by molar-refractivity contribution is -0.0549. The lowest BCUT2D eigenvalue weighted by Crippen LogP contribution is -2.51. The second-order valence-electron chi connectivity index (χ2n) is 5.66. The number of methoxy groups -OCH3 is 1. The van der Waals surface area contributed by atoms with Gasteiger partial charge in [0.15, 0.2) is 0 Å². The third-order valence-corrected chi connectivity index (χ3v) is 4.13. The van der Waals surface area contributed by atoms with Gasteiger partial charge in [0, 0.05) is 12.6 Å². The molecule has 0 bridgehead atoms. The van der Waals surface area contributed by atoms with Crippen LogP contribution in [0.2, 0.25) is 0 Å². The highest BCUT2D eigenvalue weighted by Gasteiger charge is 2.32. The highest BCUT2D eigenvalue weighted by molar-refractivity contribution is 5.29. The summed E-state index contributed by atoms with van der Waals surface area (Å²) in [6, 6.07) is 8.61. The number of ether oxygens (including phenoxy) is 2. The molecule has 0 radical (unpaired) electrons. The minimum Gasteiger partial charge on any atom is -0.497 e. The summed E-state index contributed by atoms with van der Waals surface area (Å²) in [6.07, 6.45) is 3.06. The molecule has 2 atom stereocenters. The maximum absolute atomic E-state index is 6.07. The molecule has 1 aromatic rings. The fourth-order valence-electron chi connectivity index (χ4n) is 2.64. The molecular weight excluding hydrogens is 262 g/mol. The van der Waals surface area contributed by atoms with E-state index < -0.39 is 0 Å². The normalized spacial score (nSPS) is 15.5. The van der Waals surface area contributed by atoms with Crippen molar-refractivity contribution in [1.82, 2.24) is 5.32 Å². The minimum absolute atomic E-state index is 0.146. The molecule has 3 nitrogen and oxygen atoms in total. The molecule has 1 aromatic carbocycles. The molecule has 0 amide bonds. The molecule has 0 aliphatic rings. The fraction of sp³-hybridized carbons (Fsp3) is 0.667. The van der Waals surface area contributed by atoms with Crippen LogP contribution in [-0.4, -0.2) is 31.9 Å². The second-order valence-corrected chi connectivity index (χ2v) is 5.66. The molecule has 0 heterocycles. The van der Waals surface area contributed by atoms with Gasteiger partial charge in [-0.05, 0) is 57.4 Å². The van der Waals surface area contributed by atoms with E-state index in [9.17, 15) is 0 Å². The van der Waals surface area contributed by atoms with Gasteiger partial charge < -0.3 is 14.8 Å². The summed E-state index contributed by atoms with van der Waals surface area (Å²) in [6.45, 7) is 10.4. The lowest BCUT2D eigenvalue weighted by atomic mass is 9.88. The van der Waals surface area contributed by atoms with E-state index in [1.165, 1.54) is 5.56 Å². The van der Waals surface area contributed by atoms with E-state index in [1.807, 2.05) is 6.07 Å². The molecule has 0 aliphatic heterocycles. The number of hydrogen-bond donors (Lipinski definition) is 1. The summed E-state index contributed by atoms with van der Waals surface area (Å²) >= 11 is 0. The topological polar surface area (TPSA) is 30.5 Å². The Morgan fingerprint density at radius 2 is 2.00 bits per heavy atom. The van der Waals surface area contributed by atoms with E-state index in [1.54, 1.807) is 7.11 Å². The summed E-state index contributed by atoms with van der Waals surface area (Å²) < 4.78 is 11.4. The monoisotopic (exact) mass is 293 g/mol. The van der Waals surface area contributed by atoms with E-state index in [-0.39, 0.29) is 5.60 Å². The van der Waals surface area contributed by atoms with E-state index in [0.717, 1.165) is 38.2 Å². The van der Waals surface area contributed by atoms with Crippen molar-refractivity contribution < 1.29 is 9.47 Å². The molecule has 0 spiro atoms. The van der Waals surface area contributed by atoms with Gasteiger partial charge in [-0.2, -0.15) is 0 Å². The van der Waals surface area contributed by atoms with Crippen molar-refractivity contribution in [2.45, 2.75) is 58.6 Å². The van der Waals surface area contributed by atoms with Crippen LogP contribution in [0, 0.1) is 0 Å². The summed E-state index contributed by atoms with van der Waals surface area (Å²) in [4.78, 5) is 0. The molecule has 0 fully saturated rings. The van der Waals surface area contributed by atoms with Crippen molar-refractivity contribution >= 4 is 0 Å². The number of rotatable bonds is 10. The van der Waals surface area contributed by atoms with Crippen molar-refractivity contribution in [3.63, 3.8) is 0 Å². The Hall–Kier alpha value is -1.06. The second kappa shape index (κ2) is 9.06. The first kappa shape index (κ1) is 18.0. The highest BCUT2D eigenvalue weighted by Crippen LogP contribution is 2.24. The van der Waals surface area contributed by atoms with Gasteiger partial charge in [-0.3, -0.25) is 0 Å². The number of hydrogen-bond acceptors (Lipinski definition) is 3. The van der Waals surface area contributed by atoms with E-state index in [0.29, 0.717) is 6.04 Å². The Kier molecular flexibility index (Phi) is 7.76. The maximum atomic E-state index is 6.07. The first-order chi connectivity index (χ1) is 10.1. The molecule has 0 saturated carbocycles. The quantitative estimate of drug-likeness (QED) is 0.711. The Bertz CT molecular complexity index is 408. The zero-order valence-corrected chi connectivity index (χ0v) is 14.2. The predicted octanol–water partition coefficient (Wildman–Crippen LogP) is 3.81. The molecule has 0 aliphatic carbocycles. The standard InChI is InChI=1S/C18H31NO2/c1-6-12-19-17(18(4,7-2)21-8-3)14-15-10-9-11-16(13-15)20-5/h9-11,13,17,19H,6-8,12,14H2,1-5H3. The smallest absolute Gasteiger partial charge is 0.119 e. The SMILES string of the molecule is CCCNC(Cc1cccc(OC)c1)C(C)(CC)OCC. The van der Waals surface area contributed by atoms with Gasteiger partial charge in [0.25, 0.3) is 0 Å². The molecule has 0 aromatic heterocycles. The van der Waals surface area contributed by atoms with Gasteiger partial charge in [0.05, 0.1) is 12.7 Å². The molecule has 3 heteroatoms. The summed E-state index contributed by atoms with van der Waals surface area (Å²) in [5.74, 6) is 0.913. The van der Waals surface area contributed by atoms with Gasteiger partial charge in [-0.1, -0.05) is 26.0 Å². The highest BCUT2D eigenvalue weighted by atomic mass is 16.5. The predicted molar refractivity (Wildman–Crippen MR) is 89.1 cm³/mol. The van der Waals surface area contributed by atoms with Crippen LogP contribution >= 0.6 is 0 Å². The van der Waals surface area contributed by atoms with Crippen LogP contribution < -0.4 is 10.1 Å². The maximum Gasteiger partial charge on any atom is 0.119 e. The van der Waals surface area contributed by atoms with E-state index in [4.69, 9.17) is 9.47 Å². The lowest BCUT2D eigenvalue weighted by Gasteiger charge is -2.37. The van der Waals surface area contributed by atoms with Crippen LogP contribution in [0.5, 0.6) is 5.75 Å². The van der Waals surface area contributed by atoms with Crippen LogP contribution in [0.4, 0.5) is 0 Å². The van der Waals surface area contributed by atoms with Gasteiger partial charge >= 0.3 is 0 Å². The molecule has 1 N–H and O–H groups in total. The average molecular weight is 293 g/mol. The Balaban J connectivity index is 2.90. The Morgan fingerprint density at radius 1 is 1.24 bits per heavy atom. The van der Waals surface area contributed by atoms with Gasteiger partial charge in [-0.25, -0.2) is 0 Å². The Morgan fingerprint density at radius 3 is 2.57 bits per heavy atom. The summed E-state index contributed by atoms with van der Waals surface area (Å²) in [5.41, 5.74) is 1.13. The van der Waals surface area contributed by atoms with E-state index >= 15 is 0 Å². The van der Waals surface area contributed by atoms with Gasteiger partial charge in [0.2, 0.25) is 0 Å². The van der Waals surface area contributed by atoms with Crippen LogP contribution in [0.15, 0.2) is 24.3 Å². The van der Waals surface area contributed by atoms with Crippen LogP contribution in [0.25, 0.3) is 0 Å². The molecule has 120 valence electrons. The molecule has 2 unspecified atom stereocenters. The van der Waals surface area contributed by atoms with Crippen molar-refractivity contribution in [2.75, 3.05) is 20.3 Å². The zero-order chi connectivity index (χ0) is 15.7. The van der Waals surface area contributed by atoms with Gasteiger partial charge in [0.1, 0.15) is 5.75 Å². The van der Waals surface area contributed by atoms with Crippen molar-refractivity contribution in [3.8, 4) is 5.75 Å². The van der Waals surface area contributed by atoms with Crippen molar-refractivity contribution in [2.24, 2.45) is 0 Å². The van der Waals surface area contributed by atoms with Crippen molar-refractivity contribution in [1.29, 1.82) is 0 Å². The number of benzene rings is 1. The zero-order valence-electron chi connectivity index (χ0n) is 14.2. The average Bonchev–Trinajstić information content (AvgIpc) is 2.51. The first-order valence-corrected chi connectivity index (χ1v) is 8.09. The van der Waals surface area contributed by atoms with Crippen LogP contribution in [0.1, 0.15) is 46.1 Å². The third-order valence-electron chi connectivity index (χ3n) is 4.13. The first-order valence-electron chi connectivity index (χ1n) is 8.09. The largest absolute Gasteiger partial charge is 0.497 e. The van der Waals surface area contributed by atoms with E-state index in [2.05, 4.69) is 51.2 Å². The molecule has 1 rings (SSSR count). The van der Waals surface area contributed by atoms with Crippen LogP contribution in [0.3, 0.4) is 0 Å². The third kappa shape index (κ3) is 5.33. The summed E-state index contributed by atoms with van der Waals surface area (Å²) in [5, 5.41) is 3.67. The Labute approximate surface area is 130 Å². The molecule has 21 heavy (non-hydrogen) atoms. The van der Waals surface area contributed by atoms with Crippen LogP contribution in [-0.2, 0) is 11.2 Å². The number of nitrogens with one attached hydrogen (secondary N) is 1. The molecular formula is C18H31NO2. The minimum atomic E-state index is -0.146. The van der Waals surface area contributed by atoms with Crippen molar-refractivity contribution in [3.05, 3.63) is 29.8 Å².